The molecule has 0 saturated carbocycles. The van der Waals surface area contributed by atoms with Crippen LogP contribution in [0.25, 0.3) is 0 Å². The molecule has 2 rings (SSSR count). The van der Waals surface area contributed by atoms with Gasteiger partial charge >= 0.3 is 0 Å². The quantitative estimate of drug-likeness (QED) is 0.910. The van der Waals surface area contributed by atoms with Gasteiger partial charge in [-0.3, -0.25) is 4.79 Å². The maximum atomic E-state index is 13.1. The lowest BCUT2D eigenvalue weighted by Crippen LogP contribution is -2.33. The molecule has 122 valence electrons. The third-order valence-corrected chi connectivity index (χ3v) is 3.94. The fraction of sp³-hybridized carbons (Fsp3) is 0.235. The zero-order chi connectivity index (χ0) is 17.0. The van der Waals surface area contributed by atoms with Crippen molar-refractivity contribution in [2.24, 2.45) is 0 Å². The number of amides is 1. The molecule has 0 radical (unpaired) electrons. The lowest BCUT2D eigenvalue weighted by molar-refractivity contribution is 0.0658. The zero-order valence-electron chi connectivity index (χ0n) is 12.8. The molecule has 1 amide bonds. The lowest BCUT2D eigenvalue weighted by atomic mass is 10.0. The van der Waals surface area contributed by atoms with E-state index >= 15 is 0 Å². The first-order valence-electron chi connectivity index (χ1n) is 6.95. The van der Waals surface area contributed by atoms with E-state index in [1.807, 2.05) is 0 Å². The summed E-state index contributed by atoms with van der Waals surface area (Å²) in [5.74, 6) is -0.228. The van der Waals surface area contributed by atoms with Crippen LogP contribution in [0.4, 0.5) is 4.39 Å². The highest BCUT2D eigenvalue weighted by molar-refractivity contribution is 6.33. The molecular weight excluding hydrogens is 321 g/mol. The van der Waals surface area contributed by atoms with Gasteiger partial charge in [0, 0.05) is 7.05 Å². The largest absolute Gasteiger partial charge is 0.497 e. The van der Waals surface area contributed by atoms with Gasteiger partial charge in [0.15, 0.2) is 0 Å². The number of ether oxygens (including phenoxy) is 1. The van der Waals surface area contributed by atoms with Gasteiger partial charge in [0.05, 0.1) is 30.3 Å². The number of hydrogen-bond donors (Lipinski definition) is 1. The van der Waals surface area contributed by atoms with Crippen molar-refractivity contribution in [3.8, 4) is 5.75 Å². The molecule has 2 aromatic carbocycles. The summed E-state index contributed by atoms with van der Waals surface area (Å²) >= 11 is 5.94. The van der Waals surface area contributed by atoms with Crippen LogP contribution < -0.4 is 4.74 Å². The number of benzene rings is 2. The molecule has 0 aliphatic heterocycles. The minimum atomic E-state index is -0.547. The second-order valence-corrected chi connectivity index (χ2v) is 5.42. The first kappa shape index (κ1) is 17.2. The number of hydrogen-bond acceptors (Lipinski definition) is 3. The molecule has 0 aliphatic carbocycles. The number of aliphatic hydroxyl groups is 1. The van der Waals surface area contributed by atoms with Gasteiger partial charge in [-0.25, -0.2) is 4.39 Å². The van der Waals surface area contributed by atoms with E-state index < -0.39 is 17.8 Å². The average Bonchev–Trinajstić information content (AvgIpc) is 2.55. The molecule has 0 heterocycles. The van der Waals surface area contributed by atoms with E-state index in [0.29, 0.717) is 5.75 Å². The maximum Gasteiger partial charge on any atom is 0.255 e. The van der Waals surface area contributed by atoms with Crippen LogP contribution >= 0.6 is 11.6 Å². The van der Waals surface area contributed by atoms with Crippen LogP contribution in [0.5, 0.6) is 5.75 Å². The summed E-state index contributed by atoms with van der Waals surface area (Å²) in [6.45, 7) is -0.257. The number of aliphatic hydroxyl groups excluding tert-OH is 1. The number of likely N-dealkylation sites (N-methyl/N-ethyl adjacent to an activating group) is 1. The molecule has 23 heavy (non-hydrogen) atoms. The van der Waals surface area contributed by atoms with Gasteiger partial charge in [0.25, 0.3) is 5.91 Å². The summed E-state index contributed by atoms with van der Waals surface area (Å²) in [5, 5.41) is 9.70. The minimum absolute atomic E-state index is 0.0354. The summed E-state index contributed by atoms with van der Waals surface area (Å²) in [7, 11) is 3.12. The zero-order valence-corrected chi connectivity index (χ0v) is 13.5. The molecular formula is C17H17ClFNO3. The monoisotopic (exact) mass is 337 g/mol. The normalized spacial score (nSPS) is 11.9. The minimum Gasteiger partial charge on any atom is -0.497 e. The van der Waals surface area contributed by atoms with Crippen molar-refractivity contribution < 1.29 is 19.0 Å². The van der Waals surface area contributed by atoms with E-state index in [-0.39, 0.29) is 17.2 Å². The van der Waals surface area contributed by atoms with Crippen molar-refractivity contribution in [3.63, 3.8) is 0 Å². The van der Waals surface area contributed by atoms with E-state index in [9.17, 15) is 14.3 Å². The first-order valence-corrected chi connectivity index (χ1v) is 7.32. The van der Waals surface area contributed by atoms with Crippen molar-refractivity contribution in [1.82, 2.24) is 4.90 Å². The Morgan fingerprint density at radius 2 is 1.96 bits per heavy atom. The standard InChI is InChI=1S/C17H17ClFNO3/c1-20(17(22)14-8-5-12(19)9-15(14)18)16(10-21)11-3-6-13(23-2)7-4-11/h3-9,16,21H,10H2,1-2H3. The smallest absolute Gasteiger partial charge is 0.255 e. The summed E-state index contributed by atoms with van der Waals surface area (Å²) in [5.41, 5.74) is 0.935. The Kier molecular flexibility index (Phi) is 5.58. The molecule has 0 aliphatic rings. The van der Waals surface area contributed by atoms with E-state index in [1.54, 1.807) is 38.4 Å². The molecule has 1 unspecified atom stereocenters. The van der Waals surface area contributed by atoms with Gasteiger partial charge in [0.1, 0.15) is 11.6 Å². The number of methoxy groups -OCH3 is 1. The van der Waals surface area contributed by atoms with E-state index in [2.05, 4.69) is 0 Å². The van der Waals surface area contributed by atoms with Crippen LogP contribution in [-0.4, -0.2) is 36.7 Å². The van der Waals surface area contributed by atoms with Crippen LogP contribution in [-0.2, 0) is 0 Å². The predicted octanol–water partition coefficient (Wildman–Crippen LogP) is 3.29. The molecule has 0 fully saturated rings. The van der Waals surface area contributed by atoms with Crippen LogP contribution in [0, 0.1) is 5.82 Å². The van der Waals surface area contributed by atoms with Crippen molar-refractivity contribution >= 4 is 17.5 Å². The lowest BCUT2D eigenvalue weighted by Gasteiger charge is -2.27. The highest BCUT2D eigenvalue weighted by Crippen LogP contribution is 2.25. The number of nitrogens with zero attached hydrogens (tertiary/aromatic N) is 1. The van der Waals surface area contributed by atoms with Crippen LogP contribution in [0.2, 0.25) is 5.02 Å². The molecule has 1 N–H and O–H groups in total. The van der Waals surface area contributed by atoms with Crippen molar-refractivity contribution in [2.75, 3.05) is 20.8 Å². The Labute approximate surface area is 139 Å². The van der Waals surface area contributed by atoms with Gasteiger partial charge in [-0.05, 0) is 35.9 Å². The Morgan fingerprint density at radius 3 is 2.48 bits per heavy atom. The number of carbonyl (C=O) groups is 1. The topological polar surface area (TPSA) is 49.8 Å². The SMILES string of the molecule is COc1ccc(C(CO)N(C)C(=O)c2ccc(F)cc2Cl)cc1. The van der Waals surface area contributed by atoms with Gasteiger partial charge in [0.2, 0.25) is 0 Å². The summed E-state index contributed by atoms with van der Waals surface area (Å²) in [6, 6.07) is 10.1. The molecule has 0 aromatic heterocycles. The van der Waals surface area contributed by atoms with Crippen molar-refractivity contribution in [2.45, 2.75) is 6.04 Å². The Hall–Kier alpha value is -2.11. The fourth-order valence-electron chi connectivity index (χ4n) is 2.27. The van der Waals surface area contributed by atoms with E-state index in [0.717, 1.165) is 11.6 Å². The van der Waals surface area contributed by atoms with Gasteiger partial charge in [-0.2, -0.15) is 0 Å². The first-order chi connectivity index (χ1) is 11.0. The maximum absolute atomic E-state index is 13.1. The average molecular weight is 338 g/mol. The number of rotatable bonds is 5. The molecule has 1 atom stereocenters. The van der Waals surface area contributed by atoms with Gasteiger partial charge < -0.3 is 14.7 Å². The van der Waals surface area contributed by atoms with Gasteiger partial charge in [-0.15, -0.1) is 0 Å². The Bertz CT molecular complexity index is 691. The third-order valence-electron chi connectivity index (χ3n) is 3.62. The van der Waals surface area contributed by atoms with E-state index in [4.69, 9.17) is 16.3 Å². The summed E-state index contributed by atoms with van der Waals surface area (Å²) < 4.78 is 18.2. The highest BCUT2D eigenvalue weighted by atomic mass is 35.5. The Balaban J connectivity index is 2.27. The summed E-state index contributed by atoms with van der Waals surface area (Å²) in [4.78, 5) is 13.9. The van der Waals surface area contributed by atoms with Crippen molar-refractivity contribution in [3.05, 3.63) is 64.4 Å². The number of halogens is 2. The third kappa shape index (κ3) is 3.81. The fourth-order valence-corrected chi connectivity index (χ4v) is 2.52. The van der Waals surface area contributed by atoms with Crippen molar-refractivity contribution in [1.29, 1.82) is 0 Å². The molecule has 6 heteroatoms. The molecule has 2 aromatic rings. The molecule has 0 spiro atoms. The Morgan fingerprint density at radius 1 is 1.30 bits per heavy atom. The van der Waals surface area contributed by atoms with Crippen LogP contribution in [0.3, 0.4) is 0 Å². The van der Waals surface area contributed by atoms with Crippen LogP contribution in [0.1, 0.15) is 22.0 Å². The predicted molar refractivity (Wildman–Crippen MR) is 86.3 cm³/mol. The summed E-state index contributed by atoms with van der Waals surface area (Å²) in [6.07, 6.45) is 0. The molecule has 0 bridgehead atoms. The second-order valence-electron chi connectivity index (χ2n) is 5.01. The number of carbonyl (C=O) groups excluding carboxylic acids is 1. The highest BCUT2D eigenvalue weighted by Gasteiger charge is 2.24. The van der Waals surface area contributed by atoms with Gasteiger partial charge in [-0.1, -0.05) is 23.7 Å². The molecule has 0 saturated heterocycles. The second kappa shape index (κ2) is 7.44. The van der Waals surface area contributed by atoms with E-state index in [1.165, 1.54) is 17.0 Å². The molecule has 4 nitrogen and oxygen atoms in total. The van der Waals surface area contributed by atoms with Crippen LogP contribution in [0.15, 0.2) is 42.5 Å².